The molecule has 0 spiro atoms. The molecule has 0 saturated carbocycles. The van der Waals surface area contributed by atoms with E-state index in [9.17, 15) is 0 Å². The molecule has 0 bridgehead atoms. The van der Waals surface area contributed by atoms with Crippen molar-refractivity contribution in [1.29, 1.82) is 0 Å². The van der Waals surface area contributed by atoms with Gasteiger partial charge in [-0.25, -0.2) is 0 Å². The summed E-state index contributed by atoms with van der Waals surface area (Å²) in [5.41, 5.74) is 11.4. The van der Waals surface area contributed by atoms with Gasteiger partial charge in [0.15, 0.2) is 0 Å². The van der Waals surface area contributed by atoms with Crippen LogP contribution in [0, 0.1) is 0 Å². The van der Waals surface area contributed by atoms with Crippen molar-refractivity contribution in [3.63, 3.8) is 0 Å². The molecule has 2 heterocycles. The average Bonchev–Trinajstić information content (AvgIpc) is 3.69. The van der Waals surface area contributed by atoms with Gasteiger partial charge in [0.2, 0.25) is 0 Å². The zero-order chi connectivity index (χ0) is 32.8. The van der Waals surface area contributed by atoms with E-state index in [1.165, 1.54) is 93.4 Å². The lowest BCUT2D eigenvalue weighted by atomic mass is 9.93. The quantitative estimate of drug-likeness (QED) is 0.175. The Bertz CT molecular complexity index is 2920. The van der Waals surface area contributed by atoms with Crippen molar-refractivity contribution in [2.75, 3.05) is 4.90 Å². The third-order valence-electron chi connectivity index (χ3n) is 11.0. The molecule has 0 radical (unpaired) electrons. The van der Waals surface area contributed by atoms with Crippen LogP contribution in [0.3, 0.4) is 0 Å². The van der Waals surface area contributed by atoms with Crippen molar-refractivity contribution >= 4 is 71.1 Å². The monoisotopic (exact) mass is 636 g/mol. The maximum Gasteiger partial charge on any atom is 0.0632 e. The van der Waals surface area contributed by atoms with Crippen LogP contribution in [0.1, 0.15) is 12.0 Å². The predicted octanol–water partition coefficient (Wildman–Crippen LogP) is 12.8. The van der Waals surface area contributed by atoms with E-state index in [1.54, 1.807) is 0 Å². The SMILES string of the molecule is C1=CCC2C(=C1)c1cc(-c3ccc4c(c3)c3ccccc3n4-c3ccc4ccccc4c3)ccc1N2c1ccc2ccc3ccccc3c2c1. The number of hydrogen-bond acceptors (Lipinski definition) is 1. The molecule has 0 fully saturated rings. The Morgan fingerprint density at radius 1 is 0.460 bits per heavy atom. The Morgan fingerprint density at radius 3 is 2.06 bits per heavy atom. The van der Waals surface area contributed by atoms with Crippen LogP contribution in [0.25, 0.3) is 76.5 Å². The minimum Gasteiger partial charge on any atom is -0.333 e. The van der Waals surface area contributed by atoms with Gasteiger partial charge in [-0.3, -0.25) is 0 Å². The van der Waals surface area contributed by atoms with Crippen LogP contribution in [0.5, 0.6) is 0 Å². The number of aromatic nitrogens is 1. The summed E-state index contributed by atoms with van der Waals surface area (Å²) in [6, 6.07) is 58.7. The van der Waals surface area contributed by atoms with Crippen molar-refractivity contribution in [2.45, 2.75) is 12.5 Å². The van der Waals surface area contributed by atoms with Gasteiger partial charge in [0.05, 0.1) is 17.1 Å². The van der Waals surface area contributed by atoms with Crippen molar-refractivity contribution in [1.82, 2.24) is 4.57 Å². The minimum atomic E-state index is 0.278. The first-order chi connectivity index (χ1) is 24.8. The standard InChI is InChI=1S/C48H32N2/c1-2-11-34-27-37(23-19-31(34)9-1)49-45-15-7-5-13-40(45)43-28-35(21-25-47(43)49)36-22-26-48-44(29-36)41-14-6-8-16-46(41)50(48)38-24-20-33-18-17-32-10-3-4-12-39(32)42(33)30-38/h1-15,17-30,46H,16H2. The van der Waals surface area contributed by atoms with Gasteiger partial charge >= 0.3 is 0 Å². The van der Waals surface area contributed by atoms with Crippen LogP contribution in [0.15, 0.2) is 176 Å². The normalized spacial score (nSPS) is 15.3. The molecule has 1 aromatic heterocycles. The molecule has 0 saturated heterocycles. The smallest absolute Gasteiger partial charge is 0.0632 e. The Balaban J connectivity index is 1.05. The summed E-state index contributed by atoms with van der Waals surface area (Å²) in [5, 5.41) is 10.2. The van der Waals surface area contributed by atoms with E-state index < -0.39 is 0 Å². The maximum absolute atomic E-state index is 2.57. The van der Waals surface area contributed by atoms with Gasteiger partial charge in [-0.1, -0.05) is 121 Å². The molecule has 2 aliphatic rings. The molecule has 2 heteroatoms. The van der Waals surface area contributed by atoms with Gasteiger partial charge in [-0.15, -0.1) is 0 Å². The molecule has 0 N–H and O–H groups in total. The van der Waals surface area contributed by atoms with Gasteiger partial charge < -0.3 is 9.47 Å². The number of fused-ring (bicyclic) bond motifs is 10. The Kier molecular flexibility index (Phi) is 5.82. The fraction of sp³-hybridized carbons (Fsp3) is 0.0417. The minimum absolute atomic E-state index is 0.278. The van der Waals surface area contributed by atoms with E-state index >= 15 is 0 Å². The molecule has 9 aromatic rings. The fourth-order valence-corrected chi connectivity index (χ4v) is 8.66. The zero-order valence-electron chi connectivity index (χ0n) is 27.4. The van der Waals surface area contributed by atoms with Crippen molar-refractivity contribution in [3.8, 4) is 16.8 Å². The Hall–Kier alpha value is -6.38. The van der Waals surface area contributed by atoms with Crippen molar-refractivity contribution in [2.24, 2.45) is 0 Å². The lowest BCUT2D eigenvalue weighted by Gasteiger charge is -2.29. The number of nitrogens with zero attached hydrogens (tertiary/aromatic N) is 2. The van der Waals surface area contributed by atoms with Gasteiger partial charge in [0, 0.05) is 33.4 Å². The van der Waals surface area contributed by atoms with Crippen LogP contribution < -0.4 is 4.90 Å². The molecule has 1 atom stereocenters. The number of para-hydroxylation sites is 1. The van der Waals surface area contributed by atoms with E-state index in [2.05, 4.69) is 185 Å². The summed E-state index contributed by atoms with van der Waals surface area (Å²) in [6.07, 6.45) is 7.86. The largest absolute Gasteiger partial charge is 0.333 e. The van der Waals surface area contributed by atoms with E-state index in [-0.39, 0.29) is 6.04 Å². The highest BCUT2D eigenvalue weighted by molar-refractivity contribution is 6.11. The number of benzene rings is 8. The second-order valence-corrected chi connectivity index (χ2v) is 13.7. The van der Waals surface area contributed by atoms with E-state index in [0.29, 0.717) is 0 Å². The summed E-state index contributed by atoms with van der Waals surface area (Å²) < 4.78 is 2.41. The lowest BCUT2D eigenvalue weighted by molar-refractivity contribution is 0.830. The number of hydrogen-bond donors (Lipinski definition) is 0. The third-order valence-corrected chi connectivity index (χ3v) is 11.0. The average molecular weight is 637 g/mol. The molecule has 1 aliphatic heterocycles. The first-order valence-corrected chi connectivity index (χ1v) is 17.5. The molecule has 234 valence electrons. The highest BCUT2D eigenvalue weighted by atomic mass is 15.2. The third kappa shape index (κ3) is 4.02. The summed E-state index contributed by atoms with van der Waals surface area (Å²) in [6.45, 7) is 0. The van der Waals surface area contributed by atoms with Crippen LogP contribution in [0.2, 0.25) is 0 Å². The predicted molar refractivity (Wildman–Crippen MR) is 213 cm³/mol. The topological polar surface area (TPSA) is 8.17 Å². The highest BCUT2D eigenvalue weighted by Gasteiger charge is 2.35. The van der Waals surface area contributed by atoms with Crippen molar-refractivity contribution in [3.05, 3.63) is 182 Å². The number of allylic oxidation sites excluding steroid dienone is 2. The number of rotatable bonds is 3. The molecule has 1 aliphatic carbocycles. The van der Waals surface area contributed by atoms with E-state index in [4.69, 9.17) is 0 Å². The van der Waals surface area contributed by atoms with E-state index in [0.717, 1.165) is 6.42 Å². The second-order valence-electron chi connectivity index (χ2n) is 13.7. The number of anilines is 2. The van der Waals surface area contributed by atoms with Gasteiger partial charge in [-0.2, -0.15) is 0 Å². The molecule has 0 amide bonds. The Morgan fingerprint density at radius 2 is 1.14 bits per heavy atom. The first-order valence-electron chi connectivity index (χ1n) is 17.5. The second kappa shape index (κ2) is 10.6. The van der Waals surface area contributed by atoms with Gasteiger partial charge in [0.1, 0.15) is 0 Å². The Labute approximate surface area is 290 Å². The molecule has 11 rings (SSSR count). The maximum atomic E-state index is 2.57. The van der Waals surface area contributed by atoms with Crippen molar-refractivity contribution < 1.29 is 0 Å². The van der Waals surface area contributed by atoms with Crippen LogP contribution in [-0.4, -0.2) is 10.6 Å². The summed E-state index contributed by atoms with van der Waals surface area (Å²) in [4.78, 5) is 2.57. The molecular weight excluding hydrogens is 605 g/mol. The zero-order valence-corrected chi connectivity index (χ0v) is 27.4. The molecule has 2 nitrogen and oxygen atoms in total. The fourth-order valence-electron chi connectivity index (χ4n) is 8.66. The van der Waals surface area contributed by atoms with Crippen LogP contribution in [0.4, 0.5) is 11.4 Å². The summed E-state index contributed by atoms with van der Waals surface area (Å²) in [5.74, 6) is 0. The summed E-state index contributed by atoms with van der Waals surface area (Å²) >= 11 is 0. The van der Waals surface area contributed by atoms with Crippen LogP contribution in [-0.2, 0) is 0 Å². The molecule has 50 heavy (non-hydrogen) atoms. The van der Waals surface area contributed by atoms with Gasteiger partial charge in [0.25, 0.3) is 0 Å². The summed E-state index contributed by atoms with van der Waals surface area (Å²) in [7, 11) is 0. The first kappa shape index (κ1) is 27.6. The molecule has 1 unspecified atom stereocenters. The molecule has 8 aromatic carbocycles. The van der Waals surface area contributed by atoms with Crippen LogP contribution >= 0.6 is 0 Å². The highest BCUT2D eigenvalue weighted by Crippen LogP contribution is 2.49. The molecular formula is C48H32N2. The van der Waals surface area contributed by atoms with E-state index in [1.807, 2.05) is 0 Å². The van der Waals surface area contributed by atoms with Gasteiger partial charge in [-0.05, 0) is 110 Å². The lowest BCUT2D eigenvalue weighted by Crippen LogP contribution is -2.27.